The van der Waals surface area contributed by atoms with Gasteiger partial charge < -0.3 is 10.2 Å². The normalized spacial score (nSPS) is 15.1. The molecular formula is C23H27N3O2S. The molecule has 1 aliphatic heterocycles. The fourth-order valence-corrected chi connectivity index (χ4v) is 5.09. The molecule has 1 aliphatic rings. The molecule has 1 saturated heterocycles. The molecule has 0 unspecified atom stereocenters. The summed E-state index contributed by atoms with van der Waals surface area (Å²) in [5.74, 6) is 0.405. The lowest BCUT2D eigenvalue weighted by atomic mass is 10.0. The third-order valence-electron chi connectivity index (χ3n) is 5.44. The molecule has 0 radical (unpaired) electrons. The molecule has 2 N–H and O–H groups in total. The first-order chi connectivity index (χ1) is 14.0. The second-order valence-electron chi connectivity index (χ2n) is 7.75. The van der Waals surface area contributed by atoms with E-state index in [0.29, 0.717) is 16.5 Å². The Balaban J connectivity index is 1.71. The highest BCUT2D eigenvalue weighted by atomic mass is 32.2. The van der Waals surface area contributed by atoms with E-state index in [1.54, 1.807) is 6.07 Å². The zero-order valence-corrected chi connectivity index (χ0v) is 17.7. The Bertz CT molecular complexity index is 1100. The zero-order valence-electron chi connectivity index (χ0n) is 16.9. The van der Waals surface area contributed by atoms with Crippen molar-refractivity contribution < 1.29 is 8.42 Å². The van der Waals surface area contributed by atoms with Gasteiger partial charge in [0, 0.05) is 48.3 Å². The predicted octanol–water partition coefficient (Wildman–Crippen LogP) is 4.17. The second-order valence-corrected chi connectivity index (χ2v) is 9.40. The van der Waals surface area contributed by atoms with E-state index in [2.05, 4.69) is 28.8 Å². The lowest BCUT2D eigenvalue weighted by Gasteiger charge is -2.30. The minimum Gasteiger partial charge on any atom is -0.368 e. The van der Waals surface area contributed by atoms with E-state index >= 15 is 0 Å². The van der Waals surface area contributed by atoms with Crippen LogP contribution in [0.25, 0.3) is 10.8 Å². The van der Waals surface area contributed by atoms with Crippen LogP contribution in [0.3, 0.4) is 0 Å². The topological polar surface area (TPSA) is 61.4 Å². The SMILES string of the molecule is CC(C)c1ccc(NS(=O)(=O)c2ccc(N3CCNCC3)c3ccccc23)cc1. The number of hydrogen-bond donors (Lipinski definition) is 2. The third-order valence-corrected chi connectivity index (χ3v) is 6.88. The Morgan fingerprint density at radius 3 is 2.21 bits per heavy atom. The van der Waals surface area contributed by atoms with Crippen LogP contribution in [0, 0.1) is 0 Å². The molecule has 0 aromatic heterocycles. The molecule has 0 atom stereocenters. The van der Waals surface area contributed by atoms with E-state index < -0.39 is 10.0 Å². The molecule has 4 rings (SSSR count). The average molecular weight is 410 g/mol. The largest absolute Gasteiger partial charge is 0.368 e. The first kappa shape index (κ1) is 19.7. The minimum absolute atomic E-state index is 0.305. The molecule has 6 heteroatoms. The molecule has 0 amide bonds. The van der Waals surface area contributed by atoms with E-state index in [0.717, 1.165) is 42.6 Å². The molecular weight excluding hydrogens is 382 g/mol. The Morgan fingerprint density at radius 1 is 0.897 bits per heavy atom. The number of piperazine rings is 1. The molecule has 152 valence electrons. The summed E-state index contributed by atoms with van der Waals surface area (Å²) >= 11 is 0. The molecule has 1 fully saturated rings. The van der Waals surface area contributed by atoms with Crippen LogP contribution in [0.5, 0.6) is 0 Å². The fraction of sp³-hybridized carbons (Fsp3) is 0.304. The van der Waals surface area contributed by atoms with Gasteiger partial charge in [0.05, 0.1) is 4.90 Å². The Kier molecular flexibility index (Phi) is 5.48. The van der Waals surface area contributed by atoms with Crippen molar-refractivity contribution in [2.75, 3.05) is 35.8 Å². The summed E-state index contributed by atoms with van der Waals surface area (Å²) in [7, 11) is -3.70. The van der Waals surface area contributed by atoms with Gasteiger partial charge in [-0.25, -0.2) is 8.42 Å². The number of benzene rings is 3. The zero-order chi connectivity index (χ0) is 20.4. The van der Waals surface area contributed by atoms with Crippen LogP contribution < -0.4 is 14.9 Å². The third kappa shape index (κ3) is 4.09. The lowest BCUT2D eigenvalue weighted by Crippen LogP contribution is -2.43. The molecule has 1 heterocycles. The van der Waals surface area contributed by atoms with E-state index in [4.69, 9.17) is 0 Å². The van der Waals surface area contributed by atoms with Crippen LogP contribution in [-0.2, 0) is 10.0 Å². The van der Waals surface area contributed by atoms with Gasteiger partial charge in [-0.15, -0.1) is 0 Å². The highest BCUT2D eigenvalue weighted by molar-refractivity contribution is 7.93. The van der Waals surface area contributed by atoms with E-state index in [9.17, 15) is 8.42 Å². The maximum atomic E-state index is 13.2. The molecule has 0 spiro atoms. The maximum absolute atomic E-state index is 13.2. The van der Waals surface area contributed by atoms with E-state index in [1.165, 1.54) is 5.56 Å². The van der Waals surface area contributed by atoms with Crippen LogP contribution in [-0.4, -0.2) is 34.6 Å². The number of hydrogen-bond acceptors (Lipinski definition) is 4. The number of nitrogens with one attached hydrogen (secondary N) is 2. The minimum atomic E-state index is -3.70. The fourth-order valence-electron chi connectivity index (χ4n) is 3.82. The quantitative estimate of drug-likeness (QED) is 0.664. The van der Waals surface area contributed by atoms with Gasteiger partial charge in [-0.05, 0) is 35.7 Å². The van der Waals surface area contributed by atoms with Crippen molar-refractivity contribution >= 4 is 32.2 Å². The summed E-state index contributed by atoms with van der Waals surface area (Å²) in [6, 6.07) is 19.0. The van der Waals surface area contributed by atoms with Crippen molar-refractivity contribution in [2.45, 2.75) is 24.7 Å². The summed E-state index contributed by atoms with van der Waals surface area (Å²) in [5, 5.41) is 5.07. The first-order valence-corrected chi connectivity index (χ1v) is 11.5. The van der Waals surface area contributed by atoms with Gasteiger partial charge in [0.15, 0.2) is 0 Å². The number of rotatable bonds is 5. The average Bonchev–Trinajstić information content (AvgIpc) is 2.73. The Hall–Kier alpha value is -2.57. The summed E-state index contributed by atoms with van der Waals surface area (Å²) in [5.41, 5.74) is 2.84. The van der Waals surface area contributed by atoms with Crippen LogP contribution in [0.2, 0.25) is 0 Å². The van der Waals surface area contributed by atoms with E-state index in [-0.39, 0.29) is 0 Å². The van der Waals surface area contributed by atoms with E-state index in [1.807, 2.05) is 54.6 Å². The van der Waals surface area contributed by atoms with Crippen LogP contribution in [0.4, 0.5) is 11.4 Å². The molecule has 3 aromatic carbocycles. The number of anilines is 2. The summed E-state index contributed by atoms with van der Waals surface area (Å²) in [6.45, 7) is 7.92. The van der Waals surface area contributed by atoms with Gasteiger partial charge >= 0.3 is 0 Å². The van der Waals surface area contributed by atoms with Crippen molar-refractivity contribution in [3.8, 4) is 0 Å². The maximum Gasteiger partial charge on any atom is 0.262 e. The number of sulfonamides is 1. The standard InChI is InChI=1S/C23H27N3O2S/c1-17(2)18-7-9-19(10-8-18)25-29(27,28)23-12-11-22(26-15-13-24-14-16-26)20-5-3-4-6-21(20)23/h3-12,17,24-25H,13-16H2,1-2H3. The Morgan fingerprint density at radius 2 is 1.55 bits per heavy atom. The van der Waals surface area contributed by atoms with Crippen LogP contribution in [0.15, 0.2) is 65.6 Å². The second kappa shape index (κ2) is 8.05. The van der Waals surface area contributed by atoms with Crippen molar-refractivity contribution in [1.82, 2.24) is 5.32 Å². The highest BCUT2D eigenvalue weighted by Crippen LogP contribution is 2.33. The van der Waals surface area contributed by atoms with Crippen LogP contribution in [0.1, 0.15) is 25.3 Å². The Labute approximate surface area is 172 Å². The summed E-state index contributed by atoms with van der Waals surface area (Å²) in [4.78, 5) is 2.62. The summed E-state index contributed by atoms with van der Waals surface area (Å²) < 4.78 is 29.1. The van der Waals surface area contributed by atoms with Gasteiger partial charge in [0.1, 0.15) is 0 Å². The molecule has 0 bridgehead atoms. The van der Waals surface area contributed by atoms with Crippen molar-refractivity contribution in [3.63, 3.8) is 0 Å². The monoisotopic (exact) mass is 409 g/mol. The molecule has 3 aromatic rings. The van der Waals surface area contributed by atoms with Crippen molar-refractivity contribution in [3.05, 3.63) is 66.2 Å². The summed E-state index contributed by atoms with van der Waals surface area (Å²) in [6.07, 6.45) is 0. The number of nitrogens with zero attached hydrogens (tertiary/aromatic N) is 1. The first-order valence-electron chi connectivity index (χ1n) is 10.1. The van der Waals surface area contributed by atoms with Gasteiger partial charge in [0.25, 0.3) is 10.0 Å². The number of fused-ring (bicyclic) bond motifs is 1. The molecule has 5 nitrogen and oxygen atoms in total. The van der Waals surface area contributed by atoms with Gasteiger partial charge in [-0.1, -0.05) is 50.2 Å². The van der Waals surface area contributed by atoms with Crippen molar-refractivity contribution in [1.29, 1.82) is 0 Å². The highest BCUT2D eigenvalue weighted by Gasteiger charge is 2.21. The molecule has 0 saturated carbocycles. The smallest absolute Gasteiger partial charge is 0.262 e. The van der Waals surface area contributed by atoms with Gasteiger partial charge in [-0.2, -0.15) is 0 Å². The molecule has 0 aliphatic carbocycles. The molecule has 29 heavy (non-hydrogen) atoms. The predicted molar refractivity (Wildman–Crippen MR) is 120 cm³/mol. The lowest BCUT2D eigenvalue weighted by molar-refractivity contribution is 0.590. The van der Waals surface area contributed by atoms with Gasteiger partial charge in [0.2, 0.25) is 0 Å². The van der Waals surface area contributed by atoms with Gasteiger partial charge in [-0.3, -0.25) is 4.72 Å². The van der Waals surface area contributed by atoms with Crippen molar-refractivity contribution in [2.24, 2.45) is 0 Å². The van der Waals surface area contributed by atoms with Crippen LogP contribution >= 0.6 is 0 Å².